The number of amides is 5. The summed E-state index contributed by atoms with van der Waals surface area (Å²) in [6.45, 7) is 5.21. The lowest BCUT2D eigenvalue weighted by Crippen LogP contribution is -2.59. The van der Waals surface area contributed by atoms with Crippen LogP contribution < -0.4 is 32.7 Å². The Labute approximate surface area is 324 Å². The van der Waals surface area contributed by atoms with Crippen molar-refractivity contribution in [2.75, 3.05) is 26.7 Å². The van der Waals surface area contributed by atoms with Gasteiger partial charge in [-0.15, -0.1) is 0 Å². The van der Waals surface area contributed by atoms with Gasteiger partial charge in [-0.2, -0.15) is 0 Å². The number of ether oxygens (including phenoxy) is 1. The van der Waals surface area contributed by atoms with Crippen molar-refractivity contribution in [3.8, 4) is 0 Å². The van der Waals surface area contributed by atoms with E-state index in [1.807, 2.05) is 74.5 Å². The lowest BCUT2D eigenvalue weighted by molar-refractivity contribution is -0.135. The van der Waals surface area contributed by atoms with Crippen molar-refractivity contribution >= 4 is 35.5 Å². The van der Waals surface area contributed by atoms with Gasteiger partial charge in [-0.05, 0) is 75.0 Å². The fraction of sp³-hybridized carbons (Fsp3) is 0.512. The molecule has 0 unspecified atom stereocenters. The molecule has 8 N–H and O–H groups in total. The van der Waals surface area contributed by atoms with Gasteiger partial charge in [-0.1, -0.05) is 74.5 Å². The second-order valence-electron chi connectivity index (χ2n) is 14.4. The summed E-state index contributed by atoms with van der Waals surface area (Å²) in [5.41, 5.74) is 13.7. The fourth-order valence-electron chi connectivity index (χ4n) is 6.23. The molecule has 0 radical (unpaired) electrons. The first kappa shape index (κ1) is 44.3. The molecule has 4 atom stereocenters. The van der Waals surface area contributed by atoms with Gasteiger partial charge >= 0.3 is 5.97 Å². The van der Waals surface area contributed by atoms with Crippen molar-refractivity contribution < 1.29 is 33.5 Å². The van der Waals surface area contributed by atoms with E-state index in [2.05, 4.69) is 26.0 Å². The van der Waals surface area contributed by atoms with Crippen LogP contribution in [0.3, 0.4) is 0 Å². The van der Waals surface area contributed by atoms with Crippen LogP contribution >= 0.6 is 0 Å². The number of hydrogen-bond donors (Lipinski definition) is 6. The van der Waals surface area contributed by atoms with Crippen LogP contribution in [-0.4, -0.2) is 97.4 Å². The van der Waals surface area contributed by atoms with Gasteiger partial charge in [-0.25, -0.2) is 4.79 Å². The molecule has 5 amide bonds. The third kappa shape index (κ3) is 16.0. The van der Waals surface area contributed by atoms with Crippen LogP contribution in [0.5, 0.6) is 0 Å². The summed E-state index contributed by atoms with van der Waals surface area (Å²) in [5.74, 6) is -2.63. The molecule has 55 heavy (non-hydrogen) atoms. The topological polar surface area (TPSA) is 215 Å². The number of rotatable bonds is 21. The SMILES string of the molecule is COC(=O)/C=C/C(=O)N1CCC(NC(=O)[C@@H](CCCCN)NC(=O)[C@@H](CCC(C)C)NC(=O)[C@@H](Cc2ccccc2)NC(=O)[C@H](N)Cc2ccccc2)CC1. The van der Waals surface area contributed by atoms with Crippen LogP contribution in [0.15, 0.2) is 72.8 Å². The molecule has 1 aliphatic rings. The number of esters is 1. The van der Waals surface area contributed by atoms with Gasteiger partial charge in [0.1, 0.15) is 18.1 Å². The first-order chi connectivity index (χ1) is 26.4. The lowest BCUT2D eigenvalue weighted by Gasteiger charge is -2.33. The quantitative estimate of drug-likeness (QED) is 0.0619. The lowest BCUT2D eigenvalue weighted by atomic mass is 9.99. The van der Waals surface area contributed by atoms with E-state index in [9.17, 15) is 28.8 Å². The third-order valence-electron chi connectivity index (χ3n) is 9.51. The van der Waals surface area contributed by atoms with E-state index in [4.69, 9.17) is 11.5 Å². The summed E-state index contributed by atoms with van der Waals surface area (Å²) < 4.78 is 4.54. The van der Waals surface area contributed by atoms with Crippen LogP contribution in [0.25, 0.3) is 0 Å². The zero-order valence-electron chi connectivity index (χ0n) is 32.3. The first-order valence-corrected chi connectivity index (χ1v) is 19.2. The van der Waals surface area contributed by atoms with E-state index in [1.165, 1.54) is 13.2 Å². The zero-order chi connectivity index (χ0) is 40.2. The zero-order valence-corrected chi connectivity index (χ0v) is 32.3. The van der Waals surface area contributed by atoms with Gasteiger partial charge in [0.25, 0.3) is 0 Å². The number of likely N-dealkylation sites (tertiary alicyclic amines) is 1. The number of nitrogens with two attached hydrogens (primary N) is 2. The maximum absolute atomic E-state index is 14.0. The molecule has 3 rings (SSSR count). The van der Waals surface area contributed by atoms with Crippen LogP contribution in [0.4, 0.5) is 0 Å². The number of hydrogen-bond acceptors (Lipinski definition) is 9. The molecule has 14 heteroatoms. The standard InChI is InChI=1S/C41H59N7O7/c1-28(2)17-18-34(46-41(54)35(27-30-14-8-5-9-15-30)47-38(51)32(43)26-29-12-6-4-7-13-29)40(53)45-33(16-10-11-23-42)39(52)44-31-21-24-48(25-22-31)36(49)19-20-37(50)55-3/h4-9,12-15,19-20,28,31-35H,10-11,16-18,21-27,42-43H2,1-3H3,(H,44,52)(H,45,53)(H,46,54)(H,47,51)/b20-19+/t32-,33-,34-,35-/m1/s1. The highest BCUT2D eigenvalue weighted by molar-refractivity contribution is 5.95. The number of piperidine rings is 1. The van der Waals surface area contributed by atoms with Crippen LogP contribution in [0.1, 0.15) is 69.9 Å². The fourth-order valence-corrected chi connectivity index (χ4v) is 6.23. The Morgan fingerprint density at radius 1 is 0.727 bits per heavy atom. The molecule has 0 spiro atoms. The van der Waals surface area contributed by atoms with Crippen molar-refractivity contribution in [1.29, 1.82) is 0 Å². The summed E-state index contributed by atoms with van der Waals surface area (Å²) in [7, 11) is 1.23. The summed E-state index contributed by atoms with van der Waals surface area (Å²) in [6.07, 6.45) is 6.18. The largest absolute Gasteiger partial charge is 0.466 e. The summed E-state index contributed by atoms with van der Waals surface area (Å²) in [4.78, 5) is 80.4. The number of carbonyl (C=O) groups is 6. The van der Waals surface area contributed by atoms with Crippen molar-refractivity contribution in [3.63, 3.8) is 0 Å². The van der Waals surface area contributed by atoms with Crippen molar-refractivity contribution in [2.45, 2.75) is 102 Å². The minimum absolute atomic E-state index is 0.172. The minimum atomic E-state index is -1.02. The van der Waals surface area contributed by atoms with E-state index in [0.717, 1.165) is 17.2 Å². The average molecular weight is 762 g/mol. The van der Waals surface area contributed by atoms with E-state index in [0.29, 0.717) is 64.6 Å². The summed E-state index contributed by atoms with van der Waals surface area (Å²) in [5, 5.41) is 11.6. The Morgan fingerprint density at radius 2 is 1.27 bits per heavy atom. The minimum Gasteiger partial charge on any atom is -0.466 e. The molecule has 2 aromatic carbocycles. The van der Waals surface area contributed by atoms with Gasteiger partial charge < -0.3 is 42.4 Å². The molecule has 1 heterocycles. The van der Waals surface area contributed by atoms with E-state index in [1.54, 1.807) is 4.90 Å². The number of carbonyl (C=O) groups excluding carboxylic acids is 6. The Hall–Kier alpha value is -5.08. The van der Waals surface area contributed by atoms with Crippen molar-refractivity contribution in [2.24, 2.45) is 17.4 Å². The maximum atomic E-state index is 14.0. The highest BCUT2D eigenvalue weighted by Gasteiger charge is 2.32. The Balaban J connectivity index is 1.72. The molecule has 1 saturated heterocycles. The average Bonchev–Trinajstić information content (AvgIpc) is 3.18. The number of benzene rings is 2. The van der Waals surface area contributed by atoms with Gasteiger partial charge in [-0.3, -0.25) is 24.0 Å². The Bertz CT molecular complexity index is 1560. The maximum Gasteiger partial charge on any atom is 0.330 e. The first-order valence-electron chi connectivity index (χ1n) is 19.2. The van der Waals surface area contributed by atoms with Gasteiger partial charge in [0, 0.05) is 37.7 Å². The molecule has 2 aromatic rings. The van der Waals surface area contributed by atoms with Crippen molar-refractivity contribution in [3.05, 3.63) is 83.9 Å². The predicted octanol–water partition coefficient (Wildman–Crippen LogP) is 1.66. The molecular weight excluding hydrogens is 702 g/mol. The van der Waals surface area contributed by atoms with Crippen LogP contribution in [0.2, 0.25) is 0 Å². The third-order valence-corrected chi connectivity index (χ3v) is 9.51. The van der Waals surface area contributed by atoms with Gasteiger partial charge in [0.2, 0.25) is 29.5 Å². The highest BCUT2D eigenvalue weighted by Crippen LogP contribution is 2.14. The normalized spacial score (nSPS) is 15.4. The second kappa shape index (κ2) is 23.6. The molecule has 14 nitrogen and oxygen atoms in total. The molecule has 1 fully saturated rings. The molecular formula is C41H59N7O7. The Kier molecular flexibility index (Phi) is 19.1. The van der Waals surface area contributed by atoms with E-state index in [-0.39, 0.29) is 36.6 Å². The van der Waals surface area contributed by atoms with Gasteiger partial charge in [0.15, 0.2) is 0 Å². The van der Waals surface area contributed by atoms with E-state index < -0.39 is 47.9 Å². The summed E-state index contributed by atoms with van der Waals surface area (Å²) >= 11 is 0. The molecule has 0 saturated carbocycles. The molecule has 300 valence electrons. The van der Waals surface area contributed by atoms with Gasteiger partial charge in [0.05, 0.1) is 13.2 Å². The van der Waals surface area contributed by atoms with Crippen molar-refractivity contribution in [1.82, 2.24) is 26.2 Å². The summed E-state index contributed by atoms with van der Waals surface area (Å²) in [6, 6.07) is 14.6. The van der Waals surface area contributed by atoms with E-state index >= 15 is 0 Å². The molecule has 0 aliphatic carbocycles. The Morgan fingerprint density at radius 3 is 1.84 bits per heavy atom. The molecule has 1 aliphatic heterocycles. The number of methoxy groups -OCH3 is 1. The molecule has 0 aromatic heterocycles. The predicted molar refractivity (Wildman–Crippen MR) is 210 cm³/mol. The monoisotopic (exact) mass is 761 g/mol. The smallest absolute Gasteiger partial charge is 0.330 e. The number of nitrogens with zero attached hydrogens (tertiary/aromatic N) is 1. The number of unbranched alkanes of at least 4 members (excludes halogenated alkanes) is 1. The second-order valence-corrected chi connectivity index (χ2v) is 14.4. The number of nitrogens with one attached hydrogen (secondary N) is 4. The van der Waals surface area contributed by atoms with Crippen LogP contribution in [-0.2, 0) is 46.3 Å². The molecule has 0 bridgehead atoms. The highest BCUT2D eigenvalue weighted by atomic mass is 16.5. The van der Waals surface area contributed by atoms with Crippen LogP contribution in [0, 0.1) is 5.92 Å².